The highest BCUT2D eigenvalue weighted by Gasteiger charge is 2.44. The molecule has 0 bridgehead atoms. The Kier molecular flexibility index (Phi) is 5.62. The van der Waals surface area contributed by atoms with Gasteiger partial charge >= 0.3 is 6.03 Å². The van der Waals surface area contributed by atoms with Crippen LogP contribution in [0.1, 0.15) is 64.2 Å². The summed E-state index contributed by atoms with van der Waals surface area (Å²) >= 11 is 0. The fourth-order valence-electron chi connectivity index (χ4n) is 5.18. The van der Waals surface area contributed by atoms with Crippen molar-refractivity contribution in [3.8, 4) is 0 Å². The van der Waals surface area contributed by atoms with Gasteiger partial charge in [0.25, 0.3) is 0 Å². The predicted molar refractivity (Wildman–Crippen MR) is 105 cm³/mol. The molecule has 1 spiro atoms. The van der Waals surface area contributed by atoms with Crippen molar-refractivity contribution in [2.24, 2.45) is 5.92 Å². The van der Waals surface area contributed by atoms with Gasteiger partial charge in [-0.1, -0.05) is 19.3 Å². The average Bonchev–Trinajstić information content (AvgIpc) is 3.50. The standard InChI is InChI=1S/C21H36N4O2/c1-23-13-14-25(20(27)22-18-5-3-2-4-6-18)16-21(23)10-9-19(26)24(12-11-21)15-17-7-8-17/h17-18H,2-16H2,1H3,(H,22,27). The summed E-state index contributed by atoms with van der Waals surface area (Å²) in [5, 5.41) is 3.28. The second kappa shape index (κ2) is 7.98. The first kappa shape index (κ1) is 19.0. The SMILES string of the molecule is CN1CCN(C(=O)NC2CCCCC2)CC12CCC(=O)N(CC1CC1)CC2. The van der Waals surface area contributed by atoms with Gasteiger partial charge in [0.1, 0.15) is 0 Å². The Morgan fingerprint density at radius 2 is 1.85 bits per heavy atom. The number of nitrogens with zero attached hydrogens (tertiary/aromatic N) is 3. The van der Waals surface area contributed by atoms with Gasteiger partial charge in [0.05, 0.1) is 0 Å². The summed E-state index contributed by atoms with van der Waals surface area (Å²) in [6.45, 7) is 4.24. The molecule has 2 saturated heterocycles. The van der Waals surface area contributed by atoms with Gasteiger partial charge in [0.15, 0.2) is 0 Å². The van der Waals surface area contributed by atoms with Crippen LogP contribution in [0.2, 0.25) is 0 Å². The maximum absolute atomic E-state index is 12.9. The molecule has 0 aromatic rings. The first-order valence-corrected chi connectivity index (χ1v) is 11.1. The molecule has 2 aliphatic heterocycles. The Morgan fingerprint density at radius 3 is 2.59 bits per heavy atom. The van der Waals surface area contributed by atoms with Crippen LogP contribution in [0.3, 0.4) is 0 Å². The van der Waals surface area contributed by atoms with Crippen LogP contribution in [0.4, 0.5) is 4.79 Å². The van der Waals surface area contributed by atoms with E-state index in [1.165, 1.54) is 32.1 Å². The van der Waals surface area contributed by atoms with Crippen LogP contribution >= 0.6 is 0 Å². The number of carbonyl (C=O) groups is 2. The van der Waals surface area contributed by atoms with Crippen molar-refractivity contribution in [3.05, 3.63) is 0 Å². The maximum Gasteiger partial charge on any atom is 0.317 e. The molecule has 1 N–H and O–H groups in total. The van der Waals surface area contributed by atoms with Crippen molar-refractivity contribution in [2.45, 2.75) is 75.8 Å². The third-order valence-corrected chi connectivity index (χ3v) is 7.40. The third kappa shape index (κ3) is 4.41. The lowest BCUT2D eigenvalue weighted by molar-refractivity contribution is -0.130. The lowest BCUT2D eigenvalue weighted by atomic mass is 9.86. The minimum absolute atomic E-state index is 0.0455. The molecule has 1 unspecified atom stereocenters. The lowest BCUT2D eigenvalue weighted by Gasteiger charge is -2.49. The second-order valence-electron chi connectivity index (χ2n) is 9.39. The van der Waals surface area contributed by atoms with E-state index in [-0.39, 0.29) is 11.6 Å². The van der Waals surface area contributed by atoms with Gasteiger partial charge in [-0.2, -0.15) is 0 Å². The van der Waals surface area contributed by atoms with E-state index >= 15 is 0 Å². The zero-order valence-corrected chi connectivity index (χ0v) is 16.9. The highest BCUT2D eigenvalue weighted by atomic mass is 16.2. The number of amides is 3. The van der Waals surface area contributed by atoms with Gasteiger partial charge in [-0.25, -0.2) is 4.79 Å². The first-order valence-electron chi connectivity index (χ1n) is 11.1. The molecule has 1 atom stereocenters. The van der Waals surface area contributed by atoms with E-state index in [0.29, 0.717) is 18.4 Å². The van der Waals surface area contributed by atoms with Gasteiger partial charge < -0.3 is 15.1 Å². The monoisotopic (exact) mass is 376 g/mol. The summed E-state index contributed by atoms with van der Waals surface area (Å²) in [6, 6.07) is 0.464. The van der Waals surface area contributed by atoms with Crippen LogP contribution in [0.25, 0.3) is 0 Å². The molecule has 152 valence electrons. The van der Waals surface area contributed by atoms with Crippen molar-refractivity contribution >= 4 is 11.9 Å². The van der Waals surface area contributed by atoms with Crippen molar-refractivity contribution in [3.63, 3.8) is 0 Å². The molecule has 4 fully saturated rings. The van der Waals surface area contributed by atoms with Crippen LogP contribution < -0.4 is 5.32 Å². The van der Waals surface area contributed by atoms with Crippen molar-refractivity contribution in [1.82, 2.24) is 20.0 Å². The van der Waals surface area contributed by atoms with Crippen molar-refractivity contribution in [2.75, 3.05) is 39.8 Å². The zero-order valence-electron chi connectivity index (χ0n) is 16.9. The van der Waals surface area contributed by atoms with E-state index in [0.717, 1.165) is 64.3 Å². The van der Waals surface area contributed by atoms with Crippen LogP contribution in [0, 0.1) is 5.92 Å². The van der Waals surface area contributed by atoms with Crippen LogP contribution in [-0.2, 0) is 4.79 Å². The number of likely N-dealkylation sites (N-methyl/N-ethyl adjacent to an activating group) is 1. The van der Waals surface area contributed by atoms with E-state index in [1.54, 1.807) is 0 Å². The van der Waals surface area contributed by atoms with Crippen molar-refractivity contribution in [1.29, 1.82) is 0 Å². The molecule has 27 heavy (non-hydrogen) atoms. The largest absolute Gasteiger partial charge is 0.342 e. The molecule has 0 aromatic carbocycles. The quantitative estimate of drug-likeness (QED) is 0.823. The molecule has 6 nitrogen and oxygen atoms in total. The normalized spacial score (nSPS) is 31.2. The molecular weight excluding hydrogens is 340 g/mol. The molecule has 0 aromatic heterocycles. The summed E-state index contributed by atoms with van der Waals surface area (Å²) in [6.07, 6.45) is 11.0. The number of likely N-dealkylation sites (tertiary alicyclic amines) is 1. The Bertz CT molecular complexity index is 558. The number of carbonyl (C=O) groups excluding carboxylic acids is 2. The van der Waals surface area contributed by atoms with E-state index < -0.39 is 0 Å². The molecule has 3 amide bonds. The summed E-state index contributed by atoms with van der Waals surface area (Å²) in [7, 11) is 2.18. The summed E-state index contributed by atoms with van der Waals surface area (Å²) in [5.41, 5.74) is -0.0455. The Hall–Kier alpha value is -1.30. The molecule has 2 saturated carbocycles. The molecule has 4 aliphatic rings. The fourth-order valence-corrected chi connectivity index (χ4v) is 5.18. The second-order valence-corrected chi connectivity index (χ2v) is 9.39. The third-order valence-electron chi connectivity index (χ3n) is 7.40. The molecule has 6 heteroatoms. The number of hydrogen-bond acceptors (Lipinski definition) is 3. The van der Waals surface area contributed by atoms with Gasteiger partial charge in [0, 0.05) is 50.7 Å². The fraction of sp³-hybridized carbons (Fsp3) is 0.905. The number of urea groups is 1. The molecule has 0 radical (unpaired) electrons. The first-order chi connectivity index (χ1) is 13.1. The Balaban J connectivity index is 1.38. The molecule has 2 heterocycles. The van der Waals surface area contributed by atoms with E-state index in [9.17, 15) is 9.59 Å². The van der Waals surface area contributed by atoms with Crippen LogP contribution in [0.5, 0.6) is 0 Å². The zero-order chi connectivity index (χ0) is 18.9. The van der Waals surface area contributed by atoms with Gasteiger partial charge in [-0.3, -0.25) is 9.69 Å². The summed E-state index contributed by atoms with van der Waals surface area (Å²) < 4.78 is 0. The van der Waals surface area contributed by atoms with Gasteiger partial charge in [-0.05, 0) is 51.5 Å². The average molecular weight is 377 g/mol. The smallest absolute Gasteiger partial charge is 0.317 e. The minimum atomic E-state index is -0.0455. The van der Waals surface area contributed by atoms with Gasteiger partial charge in [0.2, 0.25) is 5.91 Å². The number of hydrogen-bond donors (Lipinski definition) is 1. The highest BCUT2D eigenvalue weighted by Crippen LogP contribution is 2.35. The van der Waals surface area contributed by atoms with Crippen LogP contribution in [0.15, 0.2) is 0 Å². The van der Waals surface area contributed by atoms with E-state index in [4.69, 9.17) is 0 Å². The number of piperazine rings is 1. The highest BCUT2D eigenvalue weighted by molar-refractivity contribution is 5.77. The Labute approximate surface area is 163 Å². The summed E-state index contributed by atoms with van der Waals surface area (Å²) in [5.74, 6) is 1.06. The lowest BCUT2D eigenvalue weighted by Crippen LogP contribution is -2.63. The molecular formula is C21H36N4O2. The topological polar surface area (TPSA) is 55.9 Å². The number of rotatable bonds is 3. The molecule has 4 rings (SSSR count). The van der Waals surface area contributed by atoms with E-state index in [1.807, 2.05) is 4.90 Å². The predicted octanol–water partition coefficient (Wildman–Crippen LogP) is 2.44. The minimum Gasteiger partial charge on any atom is -0.342 e. The molecule has 2 aliphatic carbocycles. The van der Waals surface area contributed by atoms with Crippen molar-refractivity contribution < 1.29 is 9.59 Å². The van der Waals surface area contributed by atoms with Crippen LogP contribution in [-0.4, -0.2) is 78.0 Å². The maximum atomic E-state index is 12.9. The van der Waals surface area contributed by atoms with E-state index in [2.05, 4.69) is 22.2 Å². The Morgan fingerprint density at radius 1 is 1.07 bits per heavy atom. The van der Waals surface area contributed by atoms with Gasteiger partial charge in [-0.15, -0.1) is 0 Å². The number of nitrogens with one attached hydrogen (secondary N) is 1. The summed E-state index contributed by atoms with van der Waals surface area (Å²) in [4.78, 5) is 32.0.